The molecule has 1 N–H and O–H groups in total. The van der Waals surface area contributed by atoms with Gasteiger partial charge >= 0.3 is 12.1 Å². The lowest BCUT2D eigenvalue weighted by Crippen LogP contribution is -2.34. The number of benzene rings is 2. The number of anilines is 2. The molecule has 2 aromatic carbocycles. The van der Waals surface area contributed by atoms with E-state index in [1.807, 2.05) is 11.0 Å². The number of esters is 1. The van der Waals surface area contributed by atoms with E-state index in [-0.39, 0.29) is 12.5 Å². The van der Waals surface area contributed by atoms with Gasteiger partial charge in [-0.3, -0.25) is 0 Å². The Morgan fingerprint density at radius 3 is 2.41 bits per heavy atom. The zero-order valence-corrected chi connectivity index (χ0v) is 20.3. The van der Waals surface area contributed by atoms with Gasteiger partial charge in [-0.25, -0.2) is 4.79 Å². The Kier molecular flexibility index (Phi) is 8.42. The standard InChI is InChI=1S/C27H33F3N2O2/c1-5-18(3)25(20-12-14-31-15-13-20)32(23-9-7-8-21(17-23)26(33)34-6-2)24-11-10-22(16-19(24)4)27(28,29)30/h7-11,16-17,20,31H,5-6,12-15H2,1-4H3/b25-18+. The number of halogens is 3. The highest BCUT2D eigenvalue weighted by molar-refractivity contribution is 5.91. The minimum Gasteiger partial charge on any atom is -0.462 e. The second-order valence-corrected chi connectivity index (χ2v) is 8.65. The third kappa shape index (κ3) is 5.81. The van der Waals surface area contributed by atoms with Gasteiger partial charge in [0, 0.05) is 23.0 Å². The lowest BCUT2D eigenvalue weighted by Gasteiger charge is -2.37. The van der Waals surface area contributed by atoms with Gasteiger partial charge in [-0.15, -0.1) is 0 Å². The smallest absolute Gasteiger partial charge is 0.416 e. The quantitative estimate of drug-likeness (QED) is 0.438. The number of hydrogen-bond acceptors (Lipinski definition) is 4. The van der Waals surface area contributed by atoms with E-state index in [2.05, 4.69) is 19.2 Å². The molecule has 34 heavy (non-hydrogen) atoms. The van der Waals surface area contributed by atoms with Gasteiger partial charge in [-0.1, -0.05) is 18.6 Å². The van der Waals surface area contributed by atoms with E-state index in [1.165, 1.54) is 11.6 Å². The summed E-state index contributed by atoms with van der Waals surface area (Å²) in [5, 5.41) is 3.39. The molecule has 2 aromatic rings. The molecule has 0 atom stereocenters. The maximum atomic E-state index is 13.4. The van der Waals surface area contributed by atoms with E-state index >= 15 is 0 Å². The average molecular weight is 475 g/mol. The summed E-state index contributed by atoms with van der Waals surface area (Å²) in [4.78, 5) is 14.5. The third-order valence-electron chi connectivity index (χ3n) is 6.31. The number of hydrogen-bond donors (Lipinski definition) is 1. The predicted molar refractivity (Wildman–Crippen MR) is 129 cm³/mol. The van der Waals surface area contributed by atoms with Crippen molar-refractivity contribution in [1.29, 1.82) is 0 Å². The Morgan fingerprint density at radius 1 is 1.12 bits per heavy atom. The first kappa shape index (κ1) is 25.8. The minimum atomic E-state index is -4.41. The molecule has 1 saturated heterocycles. The minimum absolute atomic E-state index is 0.245. The lowest BCUT2D eigenvalue weighted by molar-refractivity contribution is -0.137. The number of aryl methyl sites for hydroxylation is 1. The molecule has 0 aromatic heterocycles. The first-order chi connectivity index (χ1) is 16.2. The van der Waals surface area contributed by atoms with Crippen LogP contribution in [0.15, 0.2) is 53.7 Å². The van der Waals surface area contributed by atoms with Gasteiger partial charge in [-0.05, 0) is 95.1 Å². The maximum absolute atomic E-state index is 13.4. The maximum Gasteiger partial charge on any atom is 0.416 e. The van der Waals surface area contributed by atoms with Gasteiger partial charge in [-0.2, -0.15) is 13.2 Å². The van der Waals surface area contributed by atoms with E-state index in [0.29, 0.717) is 16.8 Å². The SMILES string of the molecule is CCOC(=O)c1cccc(N(/C(=C(\C)CC)C2CCNCC2)c2ccc(C(F)(F)F)cc2C)c1. The molecule has 0 unspecified atom stereocenters. The van der Waals surface area contributed by atoms with Crippen molar-refractivity contribution in [2.45, 2.75) is 53.1 Å². The molecular formula is C27H33F3N2O2. The number of carbonyl (C=O) groups is 1. The van der Waals surface area contributed by atoms with Crippen molar-refractivity contribution in [1.82, 2.24) is 5.32 Å². The third-order valence-corrected chi connectivity index (χ3v) is 6.31. The monoisotopic (exact) mass is 474 g/mol. The summed E-state index contributed by atoms with van der Waals surface area (Å²) in [6, 6.07) is 11.0. The molecule has 184 valence electrons. The van der Waals surface area contributed by atoms with Crippen LogP contribution in [-0.2, 0) is 10.9 Å². The summed E-state index contributed by atoms with van der Waals surface area (Å²) in [6.45, 7) is 9.65. The summed E-state index contributed by atoms with van der Waals surface area (Å²) in [7, 11) is 0. The van der Waals surface area contributed by atoms with E-state index in [1.54, 1.807) is 38.1 Å². The van der Waals surface area contributed by atoms with Crippen molar-refractivity contribution in [3.63, 3.8) is 0 Å². The fourth-order valence-electron chi connectivity index (χ4n) is 4.48. The normalized spacial score (nSPS) is 15.6. The van der Waals surface area contributed by atoms with Crippen LogP contribution in [-0.4, -0.2) is 25.7 Å². The van der Waals surface area contributed by atoms with E-state index in [9.17, 15) is 18.0 Å². The van der Waals surface area contributed by atoms with Crippen LogP contribution in [0.1, 0.15) is 61.5 Å². The van der Waals surface area contributed by atoms with Crippen LogP contribution in [0, 0.1) is 12.8 Å². The van der Waals surface area contributed by atoms with Crippen LogP contribution in [0.3, 0.4) is 0 Å². The molecule has 0 aliphatic carbocycles. The van der Waals surface area contributed by atoms with Gasteiger partial charge in [0.2, 0.25) is 0 Å². The van der Waals surface area contributed by atoms with Crippen LogP contribution in [0.4, 0.5) is 24.5 Å². The van der Waals surface area contributed by atoms with Crippen molar-refractivity contribution in [3.05, 3.63) is 70.4 Å². The van der Waals surface area contributed by atoms with Crippen LogP contribution in [0.5, 0.6) is 0 Å². The van der Waals surface area contributed by atoms with Crippen molar-refractivity contribution < 1.29 is 22.7 Å². The van der Waals surface area contributed by atoms with Crippen molar-refractivity contribution >= 4 is 17.3 Å². The Morgan fingerprint density at radius 2 is 1.82 bits per heavy atom. The lowest BCUT2D eigenvalue weighted by atomic mass is 9.89. The Labute approximate surface area is 199 Å². The number of piperidine rings is 1. The number of rotatable bonds is 7. The summed E-state index contributed by atoms with van der Waals surface area (Å²) >= 11 is 0. The Bertz CT molecular complexity index is 1040. The molecule has 7 heteroatoms. The fourth-order valence-corrected chi connectivity index (χ4v) is 4.48. The number of ether oxygens (including phenoxy) is 1. The molecule has 1 fully saturated rings. The molecule has 0 saturated carbocycles. The summed E-state index contributed by atoms with van der Waals surface area (Å²) in [5.74, 6) is -0.179. The average Bonchev–Trinajstić information content (AvgIpc) is 2.82. The molecule has 0 radical (unpaired) electrons. The van der Waals surface area contributed by atoms with Gasteiger partial charge in [0.25, 0.3) is 0 Å². The van der Waals surface area contributed by atoms with E-state index in [4.69, 9.17) is 4.74 Å². The first-order valence-electron chi connectivity index (χ1n) is 11.8. The molecule has 1 aliphatic rings. The van der Waals surface area contributed by atoms with Crippen molar-refractivity contribution in [2.24, 2.45) is 5.92 Å². The van der Waals surface area contributed by atoms with Crippen LogP contribution >= 0.6 is 0 Å². The molecule has 1 heterocycles. The Balaban J connectivity index is 2.22. The van der Waals surface area contributed by atoms with Crippen LogP contribution < -0.4 is 10.2 Å². The second kappa shape index (κ2) is 11.1. The highest BCUT2D eigenvalue weighted by Crippen LogP contribution is 2.41. The summed E-state index contributed by atoms with van der Waals surface area (Å²) in [6.07, 6.45) is -1.74. The predicted octanol–water partition coefficient (Wildman–Crippen LogP) is 7.01. The number of nitrogens with zero attached hydrogens (tertiary/aromatic N) is 1. The zero-order chi connectivity index (χ0) is 24.9. The highest BCUT2D eigenvalue weighted by atomic mass is 19.4. The molecule has 0 bridgehead atoms. The number of carbonyl (C=O) groups excluding carboxylic acids is 1. The van der Waals surface area contributed by atoms with Crippen molar-refractivity contribution in [2.75, 3.05) is 24.6 Å². The molecule has 0 amide bonds. The summed E-state index contributed by atoms with van der Waals surface area (Å²) < 4.78 is 45.4. The molecule has 0 spiro atoms. The number of allylic oxidation sites excluding steroid dienone is 2. The first-order valence-corrected chi connectivity index (χ1v) is 11.8. The molecule has 4 nitrogen and oxygen atoms in total. The number of alkyl halides is 3. The van der Waals surface area contributed by atoms with E-state index < -0.39 is 17.7 Å². The van der Waals surface area contributed by atoms with Gasteiger partial charge in [0.05, 0.1) is 17.7 Å². The molecule has 3 rings (SSSR count). The zero-order valence-electron chi connectivity index (χ0n) is 20.3. The van der Waals surface area contributed by atoms with Gasteiger partial charge in [0.1, 0.15) is 0 Å². The fraction of sp³-hybridized carbons (Fsp3) is 0.444. The highest BCUT2D eigenvalue weighted by Gasteiger charge is 2.32. The summed E-state index contributed by atoms with van der Waals surface area (Å²) in [5.41, 5.74) is 3.93. The molecular weight excluding hydrogens is 441 g/mol. The topological polar surface area (TPSA) is 41.6 Å². The second-order valence-electron chi connectivity index (χ2n) is 8.65. The van der Waals surface area contributed by atoms with E-state index in [0.717, 1.165) is 49.8 Å². The Hall–Kier alpha value is -2.80. The van der Waals surface area contributed by atoms with Crippen molar-refractivity contribution in [3.8, 4) is 0 Å². The van der Waals surface area contributed by atoms with Crippen LogP contribution in [0.25, 0.3) is 0 Å². The number of nitrogens with one attached hydrogen (secondary N) is 1. The largest absolute Gasteiger partial charge is 0.462 e. The van der Waals surface area contributed by atoms with Gasteiger partial charge in [0.15, 0.2) is 0 Å². The molecule has 1 aliphatic heterocycles. The van der Waals surface area contributed by atoms with Gasteiger partial charge < -0.3 is 15.0 Å². The van der Waals surface area contributed by atoms with Crippen LogP contribution in [0.2, 0.25) is 0 Å².